The minimum Gasteiger partial charge on any atom is -0.343 e. The molecule has 2 heterocycles. The maximum Gasteiger partial charge on any atom is 0.142 e. The zero-order valence-electron chi connectivity index (χ0n) is 6.85. The molecule has 2 aromatic rings. The monoisotopic (exact) mass is 181 g/mol. The standard InChI is InChI=1S/C8H8ClN3/c1-4-3-6-7(9)11-5(2)12-8(6)10-4/h3H,1-2H3,(H,10,11,12). The first-order valence-corrected chi connectivity index (χ1v) is 4.04. The topological polar surface area (TPSA) is 41.6 Å². The van der Waals surface area contributed by atoms with Crippen molar-refractivity contribution in [3.63, 3.8) is 0 Å². The number of aromatic nitrogens is 3. The number of H-pyrrole nitrogens is 1. The summed E-state index contributed by atoms with van der Waals surface area (Å²) in [6.45, 7) is 3.79. The average Bonchev–Trinajstić information content (AvgIpc) is 2.29. The first-order valence-electron chi connectivity index (χ1n) is 3.66. The van der Waals surface area contributed by atoms with Crippen LogP contribution < -0.4 is 0 Å². The highest BCUT2D eigenvalue weighted by atomic mass is 35.5. The lowest BCUT2D eigenvalue weighted by Crippen LogP contribution is -1.88. The largest absolute Gasteiger partial charge is 0.343 e. The first-order chi connectivity index (χ1) is 5.66. The summed E-state index contributed by atoms with van der Waals surface area (Å²) in [5, 5.41) is 1.40. The molecule has 62 valence electrons. The van der Waals surface area contributed by atoms with Gasteiger partial charge in [-0.25, -0.2) is 9.97 Å². The number of aromatic amines is 1. The van der Waals surface area contributed by atoms with Gasteiger partial charge in [-0.3, -0.25) is 0 Å². The Bertz CT molecular complexity index is 433. The van der Waals surface area contributed by atoms with Crippen LogP contribution in [0.1, 0.15) is 11.5 Å². The molecule has 0 fully saturated rings. The molecule has 0 bridgehead atoms. The van der Waals surface area contributed by atoms with E-state index >= 15 is 0 Å². The van der Waals surface area contributed by atoms with Gasteiger partial charge in [-0.15, -0.1) is 0 Å². The van der Waals surface area contributed by atoms with E-state index in [1.807, 2.05) is 19.9 Å². The van der Waals surface area contributed by atoms with Crippen molar-refractivity contribution >= 4 is 22.6 Å². The first kappa shape index (κ1) is 7.55. The second-order valence-corrected chi connectivity index (χ2v) is 3.13. The summed E-state index contributed by atoms with van der Waals surface area (Å²) in [6, 6.07) is 1.94. The van der Waals surface area contributed by atoms with E-state index in [9.17, 15) is 0 Å². The fraction of sp³-hybridized carbons (Fsp3) is 0.250. The molecular formula is C8H8ClN3. The fourth-order valence-electron chi connectivity index (χ4n) is 1.21. The third kappa shape index (κ3) is 1.06. The van der Waals surface area contributed by atoms with E-state index in [0.29, 0.717) is 11.0 Å². The zero-order valence-corrected chi connectivity index (χ0v) is 7.61. The van der Waals surface area contributed by atoms with E-state index < -0.39 is 0 Å². The number of nitrogens with one attached hydrogen (secondary N) is 1. The van der Waals surface area contributed by atoms with Gasteiger partial charge in [-0.2, -0.15) is 0 Å². The number of fused-ring (bicyclic) bond motifs is 1. The van der Waals surface area contributed by atoms with Gasteiger partial charge < -0.3 is 4.98 Å². The summed E-state index contributed by atoms with van der Waals surface area (Å²) in [5.41, 5.74) is 1.86. The van der Waals surface area contributed by atoms with Crippen LogP contribution in [-0.2, 0) is 0 Å². The van der Waals surface area contributed by atoms with Crippen LogP contribution in [0, 0.1) is 13.8 Å². The van der Waals surface area contributed by atoms with Gasteiger partial charge >= 0.3 is 0 Å². The molecule has 1 N–H and O–H groups in total. The van der Waals surface area contributed by atoms with Gasteiger partial charge in [0.25, 0.3) is 0 Å². The van der Waals surface area contributed by atoms with Crippen molar-refractivity contribution < 1.29 is 0 Å². The minimum absolute atomic E-state index is 0.516. The number of hydrogen-bond donors (Lipinski definition) is 1. The summed E-state index contributed by atoms with van der Waals surface area (Å²) in [4.78, 5) is 11.4. The molecule has 4 heteroatoms. The van der Waals surface area contributed by atoms with Crippen LogP contribution in [0.2, 0.25) is 5.15 Å². The van der Waals surface area contributed by atoms with Gasteiger partial charge in [0.05, 0.1) is 5.39 Å². The Kier molecular flexibility index (Phi) is 1.54. The smallest absolute Gasteiger partial charge is 0.142 e. The van der Waals surface area contributed by atoms with Crippen LogP contribution in [0.15, 0.2) is 6.07 Å². The number of aryl methyl sites for hydroxylation is 2. The van der Waals surface area contributed by atoms with Crippen molar-refractivity contribution in [2.45, 2.75) is 13.8 Å². The van der Waals surface area contributed by atoms with Crippen molar-refractivity contribution in [3.8, 4) is 0 Å². The molecule has 3 nitrogen and oxygen atoms in total. The molecular weight excluding hydrogens is 174 g/mol. The highest BCUT2D eigenvalue weighted by Gasteiger charge is 2.04. The molecule has 2 aromatic heterocycles. The van der Waals surface area contributed by atoms with Crippen molar-refractivity contribution in [1.82, 2.24) is 15.0 Å². The van der Waals surface area contributed by atoms with E-state index in [1.165, 1.54) is 0 Å². The molecule has 0 aromatic carbocycles. The molecule has 0 atom stereocenters. The summed E-state index contributed by atoms with van der Waals surface area (Å²) < 4.78 is 0. The summed E-state index contributed by atoms with van der Waals surface area (Å²) in [5.74, 6) is 0.689. The lowest BCUT2D eigenvalue weighted by molar-refractivity contribution is 1.08. The van der Waals surface area contributed by atoms with Crippen LogP contribution in [0.5, 0.6) is 0 Å². The Morgan fingerprint density at radius 3 is 2.83 bits per heavy atom. The van der Waals surface area contributed by atoms with Crippen molar-refractivity contribution in [2.24, 2.45) is 0 Å². The van der Waals surface area contributed by atoms with E-state index in [1.54, 1.807) is 0 Å². The molecule has 0 radical (unpaired) electrons. The van der Waals surface area contributed by atoms with E-state index in [4.69, 9.17) is 11.6 Å². The highest BCUT2D eigenvalue weighted by Crippen LogP contribution is 2.20. The third-order valence-electron chi connectivity index (χ3n) is 1.69. The Labute approximate surface area is 74.8 Å². The highest BCUT2D eigenvalue weighted by molar-refractivity contribution is 6.33. The predicted octanol–water partition coefficient (Wildman–Crippen LogP) is 2.23. The second-order valence-electron chi connectivity index (χ2n) is 2.78. The molecule has 0 aliphatic rings. The molecule has 0 spiro atoms. The molecule has 2 rings (SSSR count). The predicted molar refractivity (Wildman–Crippen MR) is 48.4 cm³/mol. The maximum absolute atomic E-state index is 5.90. The fourth-order valence-corrected chi connectivity index (χ4v) is 1.48. The van der Waals surface area contributed by atoms with Crippen LogP contribution >= 0.6 is 11.6 Å². The number of hydrogen-bond acceptors (Lipinski definition) is 2. The van der Waals surface area contributed by atoms with Crippen LogP contribution in [0.25, 0.3) is 11.0 Å². The number of nitrogens with zero attached hydrogens (tertiary/aromatic N) is 2. The van der Waals surface area contributed by atoms with Crippen molar-refractivity contribution in [1.29, 1.82) is 0 Å². The van der Waals surface area contributed by atoms with Crippen LogP contribution in [-0.4, -0.2) is 15.0 Å². The Hall–Kier alpha value is -1.09. The van der Waals surface area contributed by atoms with Crippen LogP contribution in [0.3, 0.4) is 0 Å². The van der Waals surface area contributed by atoms with Gasteiger partial charge in [0.2, 0.25) is 0 Å². The molecule has 0 saturated heterocycles. The van der Waals surface area contributed by atoms with Gasteiger partial charge in [0.1, 0.15) is 16.6 Å². The summed E-state index contributed by atoms with van der Waals surface area (Å²) in [7, 11) is 0. The van der Waals surface area contributed by atoms with Gasteiger partial charge in [-0.05, 0) is 19.9 Å². The third-order valence-corrected chi connectivity index (χ3v) is 1.98. The average molecular weight is 182 g/mol. The second kappa shape index (κ2) is 2.45. The Balaban J connectivity index is 2.88. The Morgan fingerprint density at radius 2 is 2.08 bits per heavy atom. The molecule has 12 heavy (non-hydrogen) atoms. The quantitative estimate of drug-likeness (QED) is 0.634. The summed E-state index contributed by atoms with van der Waals surface area (Å²) in [6.07, 6.45) is 0. The lowest BCUT2D eigenvalue weighted by atomic mass is 10.4. The van der Waals surface area contributed by atoms with E-state index in [-0.39, 0.29) is 0 Å². The van der Waals surface area contributed by atoms with Crippen molar-refractivity contribution in [3.05, 3.63) is 22.7 Å². The molecule has 0 amide bonds. The SMILES string of the molecule is Cc1nc(Cl)c2cc(C)[nH]c2n1. The number of halogens is 1. The maximum atomic E-state index is 5.90. The molecule has 0 aliphatic heterocycles. The Morgan fingerprint density at radius 1 is 1.33 bits per heavy atom. The van der Waals surface area contributed by atoms with Crippen molar-refractivity contribution in [2.75, 3.05) is 0 Å². The lowest BCUT2D eigenvalue weighted by Gasteiger charge is -1.93. The molecule has 0 aliphatic carbocycles. The van der Waals surface area contributed by atoms with Gasteiger partial charge in [0.15, 0.2) is 0 Å². The van der Waals surface area contributed by atoms with E-state index in [0.717, 1.165) is 16.7 Å². The van der Waals surface area contributed by atoms with Gasteiger partial charge in [0, 0.05) is 5.69 Å². The summed E-state index contributed by atoms with van der Waals surface area (Å²) >= 11 is 5.90. The number of rotatable bonds is 0. The minimum atomic E-state index is 0.516. The molecule has 0 unspecified atom stereocenters. The molecule has 0 saturated carbocycles. The normalized spacial score (nSPS) is 10.9. The zero-order chi connectivity index (χ0) is 8.72. The van der Waals surface area contributed by atoms with Gasteiger partial charge in [-0.1, -0.05) is 11.6 Å². The van der Waals surface area contributed by atoms with E-state index in [2.05, 4.69) is 15.0 Å². The van der Waals surface area contributed by atoms with Crippen LogP contribution in [0.4, 0.5) is 0 Å².